The molecule has 3 aliphatic rings. The van der Waals surface area contributed by atoms with Gasteiger partial charge in [0.25, 0.3) is 5.91 Å². The Hall–Kier alpha value is -1.10. The molecule has 2 amide bonds. The molecule has 25 heavy (non-hydrogen) atoms. The summed E-state index contributed by atoms with van der Waals surface area (Å²) in [6.45, 7) is 3.84. The molecule has 2 saturated heterocycles. The highest BCUT2D eigenvalue weighted by Crippen LogP contribution is 2.34. The first-order valence-electron chi connectivity index (χ1n) is 10.3. The van der Waals surface area contributed by atoms with Crippen molar-refractivity contribution in [2.75, 3.05) is 19.7 Å². The van der Waals surface area contributed by atoms with E-state index in [2.05, 4.69) is 5.32 Å². The van der Waals surface area contributed by atoms with Crippen LogP contribution in [0.4, 0.5) is 0 Å². The molecule has 0 radical (unpaired) electrons. The molecule has 3 rings (SSSR count). The third-order valence-corrected chi connectivity index (χ3v) is 6.25. The van der Waals surface area contributed by atoms with E-state index in [1.165, 1.54) is 58.3 Å². The summed E-state index contributed by atoms with van der Waals surface area (Å²) in [7, 11) is 0. The number of hydrogen-bond donors (Lipinski definition) is 1. The maximum absolute atomic E-state index is 12.6. The number of carbonyl (C=O) groups is 2. The first-order valence-corrected chi connectivity index (χ1v) is 10.3. The van der Waals surface area contributed by atoms with Crippen molar-refractivity contribution < 1.29 is 14.3 Å². The minimum atomic E-state index is -0.300. The van der Waals surface area contributed by atoms with Gasteiger partial charge >= 0.3 is 0 Å². The summed E-state index contributed by atoms with van der Waals surface area (Å²) in [5.41, 5.74) is 0. The molecule has 1 N–H and O–H groups in total. The fourth-order valence-corrected chi connectivity index (χ4v) is 4.68. The highest BCUT2D eigenvalue weighted by atomic mass is 16.5. The Bertz CT molecular complexity index is 444. The fourth-order valence-electron chi connectivity index (χ4n) is 4.68. The van der Waals surface area contributed by atoms with Gasteiger partial charge in [-0.15, -0.1) is 0 Å². The van der Waals surface area contributed by atoms with Crippen LogP contribution in [0.3, 0.4) is 0 Å². The van der Waals surface area contributed by atoms with Gasteiger partial charge in [0.05, 0.1) is 12.6 Å². The van der Waals surface area contributed by atoms with Gasteiger partial charge in [0.1, 0.15) is 6.10 Å². The summed E-state index contributed by atoms with van der Waals surface area (Å²) in [5, 5.41) is 2.88. The van der Waals surface area contributed by atoms with E-state index < -0.39 is 0 Å². The SMILES string of the molecule is CC(=O)NC1CCC(C(=O)N2CC(C3CCCCCCCC3)C2)OC1. The van der Waals surface area contributed by atoms with Crippen molar-refractivity contribution in [3.8, 4) is 0 Å². The van der Waals surface area contributed by atoms with E-state index in [-0.39, 0.29) is 24.0 Å². The topological polar surface area (TPSA) is 58.6 Å². The number of hydrogen-bond acceptors (Lipinski definition) is 3. The Morgan fingerprint density at radius 3 is 2.08 bits per heavy atom. The summed E-state index contributed by atoms with van der Waals surface area (Å²) in [6, 6.07) is 0.0598. The molecule has 2 unspecified atom stereocenters. The van der Waals surface area contributed by atoms with Crippen LogP contribution in [0, 0.1) is 11.8 Å². The zero-order valence-electron chi connectivity index (χ0n) is 15.7. The normalized spacial score (nSPS) is 29.9. The lowest BCUT2D eigenvalue weighted by Gasteiger charge is -2.45. The van der Waals surface area contributed by atoms with Crippen LogP contribution >= 0.6 is 0 Å². The minimum absolute atomic E-state index is 0.0287. The Morgan fingerprint density at radius 2 is 1.52 bits per heavy atom. The minimum Gasteiger partial charge on any atom is -0.366 e. The van der Waals surface area contributed by atoms with Crippen molar-refractivity contribution in [3.05, 3.63) is 0 Å². The lowest BCUT2D eigenvalue weighted by atomic mass is 9.79. The number of amides is 2. The third kappa shape index (κ3) is 5.19. The van der Waals surface area contributed by atoms with Gasteiger partial charge in [-0.25, -0.2) is 0 Å². The highest BCUT2D eigenvalue weighted by Gasteiger charge is 2.39. The summed E-state index contributed by atoms with van der Waals surface area (Å²) < 4.78 is 5.74. The number of carbonyl (C=O) groups excluding carboxylic acids is 2. The zero-order chi connectivity index (χ0) is 17.6. The molecule has 2 heterocycles. The molecule has 2 atom stereocenters. The van der Waals surface area contributed by atoms with Gasteiger partial charge in [-0.3, -0.25) is 9.59 Å². The lowest BCUT2D eigenvalue weighted by molar-refractivity contribution is -0.155. The van der Waals surface area contributed by atoms with E-state index in [0.29, 0.717) is 18.9 Å². The lowest BCUT2D eigenvalue weighted by Crippen LogP contribution is -2.57. The van der Waals surface area contributed by atoms with Crippen LogP contribution in [0.15, 0.2) is 0 Å². The molecule has 142 valence electrons. The van der Waals surface area contributed by atoms with Gasteiger partial charge in [0, 0.05) is 20.0 Å². The molecule has 0 aromatic rings. The Balaban J connectivity index is 1.40. The van der Waals surface area contributed by atoms with E-state index in [0.717, 1.165) is 25.4 Å². The standard InChI is InChI=1S/C20H34N2O3/c1-15(23)21-18-10-11-19(25-14-18)20(24)22-12-17(13-22)16-8-6-4-2-3-5-7-9-16/h16-19H,2-14H2,1H3,(H,21,23). The van der Waals surface area contributed by atoms with Crippen molar-refractivity contribution in [1.82, 2.24) is 10.2 Å². The molecule has 5 nitrogen and oxygen atoms in total. The molecular formula is C20H34N2O3. The van der Waals surface area contributed by atoms with E-state index >= 15 is 0 Å². The summed E-state index contributed by atoms with van der Waals surface area (Å²) >= 11 is 0. The Morgan fingerprint density at radius 1 is 0.880 bits per heavy atom. The fraction of sp³-hybridized carbons (Fsp3) is 0.900. The molecule has 5 heteroatoms. The monoisotopic (exact) mass is 350 g/mol. The van der Waals surface area contributed by atoms with Crippen LogP contribution in [0.1, 0.15) is 71.1 Å². The van der Waals surface area contributed by atoms with Crippen LogP contribution in [0.2, 0.25) is 0 Å². The van der Waals surface area contributed by atoms with E-state index in [1.54, 1.807) is 0 Å². The summed E-state index contributed by atoms with van der Waals surface area (Å²) in [6.07, 6.45) is 12.3. The number of likely N-dealkylation sites (tertiary alicyclic amines) is 1. The average molecular weight is 351 g/mol. The second kappa shape index (κ2) is 9.02. The molecule has 0 aromatic carbocycles. The molecule has 0 bridgehead atoms. The number of rotatable bonds is 3. The average Bonchev–Trinajstić information content (AvgIpc) is 2.68. The van der Waals surface area contributed by atoms with E-state index in [4.69, 9.17) is 4.74 Å². The Kier molecular flexibility index (Phi) is 6.74. The van der Waals surface area contributed by atoms with Gasteiger partial charge in [0.2, 0.25) is 5.91 Å². The van der Waals surface area contributed by atoms with Crippen molar-refractivity contribution in [3.63, 3.8) is 0 Å². The van der Waals surface area contributed by atoms with Crippen LogP contribution in [0.25, 0.3) is 0 Å². The van der Waals surface area contributed by atoms with Crippen LogP contribution < -0.4 is 5.32 Å². The zero-order valence-corrected chi connectivity index (χ0v) is 15.7. The van der Waals surface area contributed by atoms with Crippen LogP contribution in [0.5, 0.6) is 0 Å². The quantitative estimate of drug-likeness (QED) is 0.851. The molecule has 2 aliphatic heterocycles. The van der Waals surface area contributed by atoms with Crippen molar-refractivity contribution in [2.45, 2.75) is 83.3 Å². The van der Waals surface area contributed by atoms with Crippen LogP contribution in [-0.4, -0.2) is 48.6 Å². The number of nitrogens with one attached hydrogen (secondary N) is 1. The molecular weight excluding hydrogens is 316 g/mol. The smallest absolute Gasteiger partial charge is 0.251 e. The maximum Gasteiger partial charge on any atom is 0.251 e. The molecule has 3 fully saturated rings. The maximum atomic E-state index is 12.6. The molecule has 1 aliphatic carbocycles. The highest BCUT2D eigenvalue weighted by molar-refractivity contribution is 5.81. The van der Waals surface area contributed by atoms with Crippen molar-refractivity contribution in [1.29, 1.82) is 0 Å². The van der Waals surface area contributed by atoms with E-state index in [1.807, 2.05) is 4.90 Å². The second-order valence-electron chi connectivity index (χ2n) is 8.26. The predicted molar refractivity (Wildman–Crippen MR) is 97.1 cm³/mol. The summed E-state index contributed by atoms with van der Waals surface area (Å²) in [5.74, 6) is 1.66. The largest absolute Gasteiger partial charge is 0.366 e. The van der Waals surface area contributed by atoms with Gasteiger partial charge in [-0.2, -0.15) is 0 Å². The Labute approximate surface area is 151 Å². The molecule has 0 aromatic heterocycles. The second-order valence-corrected chi connectivity index (χ2v) is 8.26. The summed E-state index contributed by atoms with van der Waals surface area (Å²) in [4.78, 5) is 25.7. The third-order valence-electron chi connectivity index (χ3n) is 6.25. The van der Waals surface area contributed by atoms with Gasteiger partial charge in [0.15, 0.2) is 0 Å². The molecule has 1 saturated carbocycles. The van der Waals surface area contributed by atoms with Gasteiger partial charge in [-0.1, -0.05) is 51.4 Å². The van der Waals surface area contributed by atoms with Gasteiger partial charge < -0.3 is 15.0 Å². The predicted octanol–water partition coefficient (Wildman–Crippen LogP) is 2.88. The van der Waals surface area contributed by atoms with E-state index in [9.17, 15) is 9.59 Å². The van der Waals surface area contributed by atoms with Gasteiger partial charge in [-0.05, 0) is 24.7 Å². The van der Waals surface area contributed by atoms with Crippen molar-refractivity contribution in [2.24, 2.45) is 11.8 Å². The number of ether oxygens (including phenoxy) is 1. The van der Waals surface area contributed by atoms with Crippen LogP contribution in [-0.2, 0) is 14.3 Å². The number of nitrogens with zero attached hydrogens (tertiary/aromatic N) is 1. The van der Waals surface area contributed by atoms with Crippen molar-refractivity contribution >= 4 is 11.8 Å². The first kappa shape index (κ1) is 18.7. The molecule has 0 spiro atoms. The first-order chi connectivity index (χ1) is 12.1.